The first kappa shape index (κ1) is 25.5. The molecule has 4 aromatic rings. The summed E-state index contributed by atoms with van der Waals surface area (Å²) in [6.45, 7) is 1.57. The third-order valence-corrected chi connectivity index (χ3v) is 5.93. The van der Waals surface area contributed by atoms with Crippen LogP contribution in [0.5, 0.6) is 11.5 Å². The van der Waals surface area contributed by atoms with Crippen LogP contribution in [0.1, 0.15) is 6.92 Å². The van der Waals surface area contributed by atoms with Gasteiger partial charge in [-0.05, 0) is 61.6 Å². The second-order valence-corrected chi connectivity index (χ2v) is 8.93. The standard InChI is InChI=1S/C26H20Cl2N2O5S/c1-14(34-22-10-7-16(27)12-20(22)28)24(31)30-26(36)29-17-8-9-18(23(13-17)33-2)19-11-15-5-3-4-6-21(15)35-25(19)32/h3-14H,1-2H3,(H2,29,30,31,36). The van der Waals surface area contributed by atoms with E-state index in [0.29, 0.717) is 38.9 Å². The molecule has 184 valence electrons. The minimum Gasteiger partial charge on any atom is -0.496 e. The van der Waals surface area contributed by atoms with Gasteiger partial charge >= 0.3 is 5.63 Å². The lowest BCUT2D eigenvalue weighted by Crippen LogP contribution is -2.42. The van der Waals surface area contributed by atoms with Gasteiger partial charge in [-0.3, -0.25) is 10.1 Å². The van der Waals surface area contributed by atoms with Crippen molar-refractivity contribution in [2.24, 2.45) is 0 Å². The van der Waals surface area contributed by atoms with Crippen LogP contribution in [0.4, 0.5) is 5.69 Å². The molecule has 0 fully saturated rings. The molecule has 0 aliphatic carbocycles. The maximum absolute atomic E-state index is 12.6. The van der Waals surface area contributed by atoms with E-state index in [9.17, 15) is 9.59 Å². The zero-order valence-electron chi connectivity index (χ0n) is 19.1. The number of hydrogen-bond acceptors (Lipinski definition) is 6. The third-order valence-electron chi connectivity index (χ3n) is 5.19. The van der Waals surface area contributed by atoms with Gasteiger partial charge in [0.2, 0.25) is 0 Å². The van der Waals surface area contributed by atoms with Gasteiger partial charge in [0.1, 0.15) is 17.1 Å². The first-order valence-corrected chi connectivity index (χ1v) is 11.9. The SMILES string of the molecule is COc1cc(NC(=S)NC(=O)C(C)Oc2ccc(Cl)cc2Cl)ccc1-c1cc2ccccc2oc1=O. The molecule has 10 heteroatoms. The van der Waals surface area contributed by atoms with E-state index in [1.54, 1.807) is 55.5 Å². The van der Waals surface area contributed by atoms with Crippen molar-refractivity contribution < 1.29 is 18.7 Å². The summed E-state index contributed by atoms with van der Waals surface area (Å²) < 4.78 is 16.6. The molecule has 1 heterocycles. The number of amides is 1. The van der Waals surface area contributed by atoms with Crippen LogP contribution in [0.15, 0.2) is 75.9 Å². The van der Waals surface area contributed by atoms with E-state index in [0.717, 1.165) is 5.39 Å². The van der Waals surface area contributed by atoms with E-state index in [2.05, 4.69) is 10.6 Å². The van der Waals surface area contributed by atoms with Crippen molar-refractivity contribution in [1.29, 1.82) is 0 Å². The van der Waals surface area contributed by atoms with Crippen molar-refractivity contribution in [2.75, 3.05) is 12.4 Å². The molecule has 0 bridgehead atoms. The fraction of sp³-hybridized carbons (Fsp3) is 0.115. The summed E-state index contributed by atoms with van der Waals surface area (Å²) in [5, 5.41) is 7.09. The summed E-state index contributed by atoms with van der Waals surface area (Å²) in [5.41, 5.74) is 1.48. The first-order chi connectivity index (χ1) is 17.2. The molecular formula is C26H20Cl2N2O5S. The molecule has 3 aromatic carbocycles. The van der Waals surface area contributed by atoms with Gasteiger partial charge in [-0.2, -0.15) is 0 Å². The fourth-order valence-corrected chi connectivity index (χ4v) is 4.10. The Morgan fingerprint density at radius 1 is 1.00 bits per heavy atom. The third kappa shape index (κ3) is 5.79. The number of hydrogen-bond donors (Lipinski definition) is 2. The second kappa shape index (κ2) is 11.0. The summed E-state index contributed by atoms with van der Waals surface area (Å²) in [7, 11) is 1.49. The van der Waals surface area contributed by atoms with Crippen LogP contribution in [-0.2, 0) is 4.79 Å². The molecule has 0 aliphatic heterocycles. The number of carbonyl (C=O) groups is 1. The quantitative estimate of drug-likeness (QED) is 0.226. The lowest BCUT2D eigenvalue weighted by Gasteiger charge is -2.17. The van der Waals surface area contributed by atoms with Crippen LogP contribution in [-0.4, -0.2) is 24.2 Å². The maximum atomic E-state index is 12.6. The number of fused-ring (bicyclic) bond motifs is 1. The zero-order valence-corrected chi connectivity index (χ0v) is 21.5. The highest BCUT2D eigenvalue weighted by Crippen LogP contribution is 2.32. The number of rotatable bonds is 6. The Morgan fingerprint density at radius 2 is 1.78 bits per heavy atom. The summed E-state index contributed by atoms with van der Waals surface area (Å²) in [6.07, 6.45) is -0.882. The topological polar surface area (TPSA) is 89.8 Å². The number of carbonyl (C=O) groups excluding carboxylic acids is 1. The molecule has 4 rings (SSSR count). The van der Waals surface area contributed by atoms with Gasteiger partial charge in [-0.25, -0.2) is 4.79 Å². The minimum atomic E-state index is -0.882. The van der Waals surface area contributed by atoms with Crippen molar-refractivity contribution >= 4 is 63.1 Å². The minimum absolute atomic E-state index is 0.0534. The Hall–Kier alpha value is -3.59. The smallest absolute Gasteiger partial charge is 0.344 e. The molecule has 0 saturated carbocycles. The molecule has 0 radical (unpaired) electrons. The average molecular weight is 543 g/mol. The lowest BCUT2D eigenvalue weighted by atomic mass is 10.0. The van der Waals surface area contributed by atoms with Crippen molar-refractivity contribution in [1.82, 2.24) is 5.32 Å². The van der Waals surface area contributed by atoms with Crippen molar-refractivity contribution in [2.45, 2.75) is 13.0 Å². The number of para-hydroxylation sites is 1. The summed E-state index contributed by atoms with van der Waals surface area (Å²) in [5.74, 6) is 0.266. The van der Waals surface area contributed by atoms with E-state index >= 15 is 0 Å². The molecule has 7 nitrogen and oxygen atoms in total. The molecule has 2 N–H and O–H groups in total. The summed E-state index contributed by atoms with van der Waals surface area (Å²) in [4.78, 5) is 25.1. The van der Waals surface area contributed by atoms with Gasteiger partial charge in [0.25, 0.3) is 5.91 Å². The Morgan fingerprint density at radius 3 is 2.53 bits per heavy atom. The van der Waals surface area contributed by atoms with E-state index in [4.69, 9.17) is 49.3 Å². The van der Waals surface area contributed by atoms with E-state index in [1.165, 1.54) is 13.2 Å². The largest absolute Gasteiger partial charge is 0.496 e. The molecule has 0 saturated heterocycles. The lowest BCUT2D eigenvalue weighted by molar-refractivity contribution is -0.125. The van der Waals surface area contributed by atoms with Gasteiger partial charge < -0.3 is 19.2 Å². The van der Waals surface area contributed by atoms with E-state index in [1.807, 2.05) is 12.1 Å². The Labute approximate surface area is 221 Å². The number of benzene rings is 3. The number of halogens is 2. The van der Waals surface area contributed by atoms with Gasteiger partial charge in [-0.1, -0.05) is 41.4 Å². The van der Waals surface area contributed by atoms with Crippen molar-refractivity contribution in [3.8, 4) is 22.6 Å². The molecule has 1 unspecified atom stereocenters. The Kier molecular flexibility index (Phi) is 7.79. The normalized spacial score (nSPS) is 11.6. The molecule has 1 amide bonds. The molecule has 36 heavy (non-hydrogen) atoms. The Balaban J connectivity index is 1.46. The molecule has 1 atom stereocenters. The van der Waals surface area contributed by atoms with E-state index < -0.39 is 17.6 Å². The van der Waals surface area contributed by atoms with Gasteiger partial charge in [-0.15, -0.1) is 0 Å². The predicted octanol–water partition coefficient (Wildman–Crippen LogP) is 6.06. The molecule has 0 spiro atoms. The van der Waals surface area contributed by atoms with Crippen molar-refractivity contribution in [3.05, 3.63) is 87.2 Å². The fourth-order valence-electron chi connectivity index (χ4n) is 3.43. The Bertz CT molecular complexity index is 1520. The van der Waals surface area contributed by atoms with Crippen LogP contribution in [0.3, 0.4) is 0 Å². The number of anilines is 1. The van der Waals surface area contributed by atoms with E-state index in [-0.39, 0.29) is 10.1 Å². The van der Waals surface area contributed by atoms with Crippen LogP contribution >= 0.6 is 35.4 Å². The molecule has 0 aliphatic rings. The van der Waals surface area contributed by atoms with Gasteiger partial charge in [0.05, 0.1) is 17.7 Å². The highest BCUT2D eigenvalue weighted by atomic mass is 35.5. The van der Waals surface area contributed by atoms with Crippen LogP contribution in [0.2, 0.25) is 10.0 Å². The number of methoxy groups -OCH3 is 1. The monoisotopic (exact) mass is 542 g/mol. The van der Waals surface area contributed by atoms with Crippen LogP contribution in [0, 0.1) is 0 Å². The first-order valence-electron chi connectivity index (χ1n) is 10.7. The van der Waals surface area contributed by atoms with Crippen LogP contribution < -0.4 is 25.7 Å². The van der Waals surface area contributed by atoms with Gasteiger partial charge in [0, 0.05) is 27.7 Å². The van der Waals surface area contributed by atoms with Crippen molar-refractivity contribution in [3.63, 3.8) is 0 Å². The molecule has 1 aromatic heterocycles. The second-order valence-electron chi connectivity index (χ2n) is 7.68. The zero-order chi connectivity index (χ0) is 25.8. The maximum Gasteiger partial charge on any atom is 0.344 e. The number of nitrogens with one attached hydrogen (secondary N) is 2. The highest BCUT2D eigenvalue weighted by molar-refractivity contribution is 7.80. The van der Waals surface area contributed by atoms with Gasteiger partial charge in [0.15, 0.2) is 11.2 Å². The summed E-state index contributed by atoms with van der Waals surface area (Å²) in [6, 6.07) is 18.8. The summed E-state index contributed by atoms with van der Waals surface area (Å²) >= 11 is 17.3. The number of ether oxygens (including phenoxy) is 2. The average Bonchev–Trinajstić information content (AvgIpc) is 2.85. The highest BCUT2D eigenvalue weighted by Gasteiger charge is 2.18. The number of thiocarbonyl (C=S) groups is 1. The van der Waals surface area contributed by atoms with Crippen LogP contribution in [0.25, 0.3) is 22.1 Å². The molecular weight excluding hydrogens is 523 g/mol. The predicted molar refractivity (Wildman–Crippen MR) is 145 cm³/mol.